The van der Waals surface area contributed by atoms with Gasteiger partial charge in [-0.1, -0.05) is 19.9 Å². The first kappa shape index (κ1) is 15.2. The molecule has 0 saturated carbocycles. The van der Waals surface area contributed by atoms with Crippen molar-refractivity contribution in [3.05, 3.63) is 22.4 Å². The minimum Gasteiger partial charge on any atom is -0.353 e. The summed E-state index contributed by atoms with van der Waals surface area (Å²) in [5.41, 5.74) is 5.41. The van der Waals surface area contributed by atoms with E-state index in [4.69, 9.17) is 5.73 Å². The van der Waals surface area contributed by atoms with Crippen LogP contribution in [0.25, 0.3) is 0 Å². The maximum atomic E-state index is 12.3. The molecule has 3 N–H and O–H groups in total. The second-order valence-corrected chi connectivity index (χ2v) is 6.30. The molecule has 0 unspecified atom stereocenters. The van der Waals surface area contributed by atoms with Crippen LogP contribution in [0.5, 0.6) is 0 Å². The number of amides is 1. The molecule has 0 aliphatic carbocycles. The van der Waals surface area contributed by atoms with Crippen LogP contribution in [0.2, 0.25) is 0 Å². The molecule has 1 rings (SSSR count). The average molecular weight is 268 g/mol. The van der Waals surface area contributed by atoms with Crippen LogP contribution >= 0.6 is 11.3 Å². The number of nitrogens with one attached hydrogen (secondary N) is 1. The molecule has 3 nitrogen and oxygen atoms in total. The molecule has 0 saturated heterocycles. The van der Waals surface area contributed by atoms with Gasteiger partial charge in [0.05, 0.1) is 5.41 Å². The van der Waals surface area contributed by atoms with Gasteiger partial charge in [0.1, 0.15) is 0 Å². The molecule has 0 atom stereocenters. The lowest BCUT2D eigenvalue weighted by Crippen LogP contribution is -2.52. The van der Waals surface area contributed by atoms with Gasteiger partial charge in [-0.3, -0.25) is 4.79 Å². The van der Waals surface area contributed by atoms with E-state index in [9.17, 15) is 4.79 Å². The maximum absolute atomic E-state index is 12.3. The highest BCUT2D eigenvalue weighted by atomic mass is 32.1. The summed E-state index contributed by atoms with van der Waals surface area (Å²) in [6.07, 6.45) is 1.73. The molecule has 0 radical (unpaired) electrons. The van der Waals surface area contributed by atoms with E-state index in [1.54, 1.807) is 11.3 Å². The van der Waals surface area contributed by atoms with Crippen LogP contribution in [0.3, 0.4) is 0 Å². The van der Waals surface area contributed by atoms with Crippen molar-refractivity contribution in [1.82, 2.24) is 5.32 Å². The van der Waals surface area contributed by atoms with E-state index in [0.717, 1.165) is 17.7 Å². The summed E-state index contributed by atoms with van der Waals surface area (Å²) in [6, 6.07) is 3.97. The number of rotatable bonds is 6. The standard InChI is InChI=1S/C14H24N2OS/c1-5-14(15,6-2)10-16-12(17)13(3,4)11-8-7-9-18-11/h7-9H,5-6,10,15H2,1-4H3,(H,16,17). The fourth-order valence-electron chi connectivity index (χ4n) is 1.72. The fraction of sp³-hybridized carbons (Fsp3) is 0.643. The van der Waals surface area contributed by atoms with Gasteiger partial charge < -0.3 is 11.1 Å². The first-order valence-corrected chi connectivity index (χ1v) is 7.35. The molecule has 1 aromatic rings. The lowest BCUT2D eigenvalue weighted by atomic mass is 9.89. The highest BCUT2D eigenvalue weighted by molar-refractivity contribution is 7.10. The molecule has 0 spiro atoms. The first-order chi connectivity index (χ1) is 8.35. The minimum atomic E-state index is -0.490. The van der Waals surface area contributed by atoms with Gasteiger partial charge in [0.2, 0.25) is 5.91 Å². The van der Waals surface area contributed by atoms with Crippen LogP contribution in [-0.2, 0) is 10.2 Å². The van der Waals surface area contributed by atoms with Gasteiger partial charge in [-0.05, 0) is 38.1 Å². The van der Waals surface area contributed by atoms with Gasteiger partial charge in [0, 0.05) is 17.0 Å². The number of carbonyl (C=O) groups is 1. The van der Waals surface area contributed by atoms with Crippen LogP contribution in [0.1, 0.15) is 45.4 Å². The third-order valence-electron chi connectivity index (χ3n) is 3.71. The summed E-state index contributed by atoms with van der Waals surface area (Å²) in [5, 5.41) is 4.99. The van der Waals surface area contributed by atoms with Crippen LogP contribution in [0.15, 0.2) is 17.5 Å². The normalized spacial score (nSPS) is 12.5. The molecule has 0 bridgehead atoms. The second kappa shape index (κ2) is 5.85. The van der Waals surface area contributed by atoms with E-state index in [2.05, 4.69) is 19.2 Å². The van der Waals surface area contributed by atoms with Crippen molar-refractivity contribution in [3.8, 4) is 0 Å². The molecule has 102 valence electrons. The topological polar surface area (TPSA) is 55.1 Å². The van der Waals surface area contributed by atoms with Crippen LogP contribution in [0.4, 0.5) is 0 Å². The van der Waals surface area contributed by atoms with E-state index in [1.807, 2.05) is 31.4 Å². The molecule has 0 aliphatic heterocycles. The molecule has 0 aliphatic rings. The van der Waals surface area contributed by atoms with Crippen molar-refractivity contribution >= 4 is 17.2 Å². The van der Waals surface area contributed by atoms with E-state index >= 15 is 0 Å². The number of carbonyl (C=O) groups excluding carboxylic acids is 1. The fourth-order valence-corrected chi connectivity index (χ4v) is 2.57. The molecule has 0 fully saturated rings. The summed E-state index contributed by atoms with van der Waals surface area (Å²) < 4.78 is 0. The highest BCUT2D eigenvalue weighted by Gasteiger charge is 2.32. The summed E-state index contributed by atoms with van der Waals surface area (Å²) >= 11 is 1.61. The van der Waals surface area contributed by atoms with Gasteiger partial charge in [-0.2, -0.15) is 0 Å². The number of nitrogens with two attached hydrogens (primary N) is 1. The number of thiophene rings is 1. The maximum Gasteiger partial charge on any atom is 0.230 e. The number of hydrogen-bond donors (Lipinski definition) is 2. The van der Waals surface area contributed by atoms with Crippen LogP contribution in [-0.4, -0.2) is 18.0 Å². The summed E-state index contributed by atoms with van der Waals surface area (Å²) in [6.45, 7) is 8.54. The molecule has 18 heavy (non-hydrogen) atoms. The Morgan fingerprint density at radius 3 is 2.44 bits per heavy atom. The lowest BCUT2D eigenvalue weighted by molar-refractivity contribution is -0.125. The largest absolute Gasteiger partial charge is 0.353 e. The van der Waals surface area contributed by atoms with Crippen molar-refractivity contribution in [1.29, 1.82) is 0 Å². The van der Waals surface area contributed by atoms with E-state index in [0.29, 0.717) is 6.54 Å². The van der Waals surface area contributed by atoms with Gasteiger partial charge in [0.25, 0.3) is 0 Å². The molecular formula is C14H24N2OS. The Bertz CT molecular complexity index is 381. The third kappa shape index (κ3) is 3.33. The average Bonchev–Trinajstić information content (AvgIpc) is 2.89. The van der Waals surface area contributed by atoms with Gasteiger partial charge >= 0.3 is 0 Å². The SMILES string of the molecule is CCC(N)(CC)CNC(=O)C(C)(C)c1cccs1. The lowest BCUT2D eigenvalue weighted by Gasteiger charge is -2.29. The Kier molecular flexibility index (Phi) is 4.93. The Hall–Kier alpha value is -0.870. The van der Waals surface area contributed by atoms with Gasteiger partial charge in [-0.25, -0.2) is 0 Å². The Morgan fingerprint density at radius 2 is 2.00 bits per heavy atom. The van der Waals surface area contributed by atoms with Crippen molar-refractivity contribution in [3.63, 3.8) is 0 Å². The Morgan fingerprint density at radius 1 is 1.39 bits per heavy atom. The second-order valence-electron chi connectivity index (χ2n) is 5.35. The minimum absolute atomic E-state index is 0.0432. The zero-order chi connectivity index (χ0) is 13.8. The zero-order valence-electron chi connectivity index (χ0n) is 11.7. The van der Waals surface area contributed by atoms with Crippen molar-refractivity contribution < 1.29 is 4.79 Å². The zero-order valence-corrected chi connectivity index (χ0v) is 12.6. The summed E-state index contributed by atoms with van der Waals surface area (Å²) in [4.78, 5) is 13.4. The van der Waals surface area contributed by atoms with E-state index in [-0.39, 0.29) is 11.4 Å². The quantitative estimate of drug-likeness (QED) is 0.833. The highest BCUT2D eigenvalue weighted by Crippen LogP contribution is 2.27. The number of hydrogen-bond acceptors (Lipinski definition) is 3. The molecular weight excluding hydrogens is 244 g/mol. The predicted octanol–water partition coefficient (Wildman–Crippen LogP) is 2.66. The summed E-state index contributed by atoms with van der Waals surface area (Å²) in [7, 11) is 0. The van der Waals surface area contributed by atoms with Gasteiger partial charge in [-0.15, -0.1) is 11.3 Å². The van der Waals surface area contributed by atoms with Gasteiger partial charge in [0.15, 0.2) is 0 Å². The van der Waals surface area contributed by atoms with E-state index in [1.165, 1.54) is 0 Å². The molecule has 1 aromatic heterocycles. The molecule has 0 aromatic carbocycles. The molecule has 1 heterocycles. The molecule has 4 heteroatoms. The first-order valence-electron chi connectivity index (χ1n) is 6.47. The Balaban J connectivity index is 2.66. The van der Waals surface area contributed by atoms with Crippen molar-refractivity contribution in [2.24, 2.45) is 5.73 Å². The van der Waals surface area contributed by atoms with Crippen molar-refractivity contribution in [2.75, 3.05) is 6.54 Å². The Labute approximate surface area is 114 Å². The predicted molar refractivity (Wildman–Crippen MR) is 77.9 cm³/mol. The van der Waals surface area contributed by atoms with Crippen LogP contribution < -0.4 is 11.1 Å². The third-order valence-corrected chi connectivity index (χ3v) is 4.91. The van der Waals surface area contributed by atoms with Crippen molar-refractivity contribution in [2.45, 2.75) is 51.5 Å². The molecule has 1 amide bonds. The monoisotopic (exact) mass is 268 g/mol. The van der Waals surface area contributed by atoms with E-state index < -0.39 is 5.41 Å². The smallest absolute Gasteiger partial charge is 0.230 e. The summed E-state index contributed by atoms with van der Waals surface area (Å²) in [5.74, 6) is 0.0432. The van der Waals surface area contributed by atoms with Crippen LogP contribution in [0, 0.1) is 0 Å².